The van der Waals surface area contributed by atoms with Gasteiger partial charge in [0, 0.05) is 92.5 Å². The highest BCUT2D eigenvalue weighted by Gasteiger charge is 2.28. The third-order valence-electron chi connectivity index (χ3n) is 9.54. The zero-order valence-electron chi connectivity index (χ0n) is 28.6. The molecular formula is C37H49N9O. The normalized spacial score (nSPS) is 16.5. The lowest BCUT2D eigenvalue weighted by molar-refractivity contribution is 0.0982. The SMILES string of the molecule is C=Cc1cnc(Nc2cc(CC)c(N3CCC(N4CCN(C)CC4)CC3)cc2OC)nc1Nc1ccc2nccnc2c1CC(C)C. The van der Waals surface area contributed by atoms with Gasteiger partial charge in [-0.15, -0.1) is 0 Å². The Balaban J connectivity index is 1.23. The zero-order chi connectivity index (χ0) is 32.9. The van der Waals surface area contributed by atoms with Crippen molar-refractivity contribution >= 4 is 45.9 Å². The van der Waals surface area contributed by atoms with E-state index in [1.54, 1.807) is 31.8 Å². The summed E-state index contributed by atoms with van der Waals surface area (Å²) in [5.41, 5.74) is 8.04. The maximum absolute atomic E-state index is 5.94. The molecule has 10 nitrogen and oxygen atoms in total. The van der Waals surface area contributed by atoms with Gasteiger partial charge in [-0.05, 0) is 62.4 Å². The number of ether oxygens (including phenoxy) is 1. The van der Waals surface area contributed by atoms with Crippen LogP contribution in [-0.2, 0) is 12.8 Å². The van der Waals surface area contributed by atoms with Gasteiger partial charge in [-0.2, -0.15) is 4.98 Å². The van der Waals surface area contributed by atoms with Crippen LogP contribution in [0.15, 0.2) is 49.4 Å². The number of anilines is 5. The van der Waals surface area contributed by atoms with Gasteiger partial charge in [0.1, 0.15) is 11.6 Å². The van der Waals surface area contributed by atoms with Crippen LogP contribution in [0.2, 0.25) is 0 Å². The number of likely N-dealkylation sites (N-methyl/N-ethyl adjacent to an activating group) is 1. The van der Waals surface area contributed by atoms with Gasteiger partial charge in [-0.3, -0.25) is 14.9 Å². The predicted octanol–water partition coefficient (Wildman–Crippen LogP) is 6.54. The van der Waals surface area contributed by atoms with Gasteiger partial charge in [0.2, 0.25) is 5.95 Å². The fourth-order valence-corrected chi connectivity index (χ4v) is 6.89. The standard InChI is InChI=1S/C37H49N9O/c1-7-26-22-32(34(47-6)23-33(26)46-15-11-28(12-16-46)45-19-17-44(5)18-20-45)42-37-40-24-27(8-2)36(43-37)41-30-9-10-31-35(39-14-13-38-31)29(30)21-25(3)4/h8-10,13-14,22-25,28H,2,7,11-12,15-21H2,1,3-6H3,(H2,40,41,42,43). The Bertz CT molecular complexity index is 1690. The fourth-order valence-electron chi connectivity index (χ4n) is 6.89. The minimum atomic E-state index is 0.441. The first-order chi connectivity index (χ1) is 22.9. The van der Waals surface area contributed by atoms with E-state index < -0.39 is 0 Å². The summed E-state index contributed by atoms with van der Waals surface area (Å²) in [6.07, 6.45) is 11.2. The number of methoxy groups -OCH3 is 1. The molecule has 2 N–H and O–H groups in total. The van der Waals surface area contributed by atoms with Gasteiger partial charge < -0.3 is 25.2 Å². The number of fused-ring (bicyclic) bond motifs is 1. The van der Waals surface area contributed by atoms with E-state index in [2.05, 4.69) is 92.9 Å². The van der Waals surface area contributed by atoms with Crippen molar-refractivity contribution in [2.24, 2.45) is 5.92 Å². The van der Waals surface area contributed by atoms with Crippen molar-refractivity contribution in [2.45, 2.75) is 52.5 Å². The smallest absolute Gasteiger partial charge is 0.229 e. The Hall–Kier alpha value is -4.28. The molecule has 10 heteroatoms. The van der Waals surface area contributed by atoms with Crippen LogP contribution in [0, 0.1) is 5.92 Å². The van der Waals surface area contributed by atoms with E-state index in [4.69, 9.17) is 9.72 Å². The highest BCUT2D eigenvalue weighted by Crippen LogP contribution is 2.37. The van der Waals surface area contributed by atoms with E-state index in [1.165, 1.54) is 50.3 Å². The molecule has 0 amide bonds. The number of hydrogen-bond acceptors (Lipinski definition) is 10. The van der Waals surface area contributed by atoms with Crippen molar-refractivity contribution in [3.8, 4) is 5.75 Å². The number of piperazine rings is 1. The molecule has 2 fully saturated rings. The van der Waals surface area contributed by atoms with Crippen molar-refractivity contribution in [2.75, 3.05) is 69.0 Å². The van der Waals surface area contributed by atoms with Crippen molar-refractivity contribution in [3.05, 3.63) is 66.1 Å². The first kappa shape index (κ1) is 32.7. The van der Waals surface area contributed by atoms with Crippen LogP contribution in [-0.4, -0.2) is 89.2 Å². The summed E-state index contributed by atoms with van der Waals surface area (Å²) in [6.45, 7) is 17.5. The number of piperidine rings is 1. The lowest BCUT2D eigenvalue weighted by Gasteiger charge is -2.43. The van der Waals surface area contributed by atoms with Crippen LogP contribution in [0.4, 0.5) is 28.8 Å². The molecule has 0 aliphatic carbocycles. The zero-order valence-corrected chi connectivity index (χ0v) is 28.6. The molecule has 2 aromatic heterocycles. The Labute approximate surface area is 279 Å². The molecule has 2 aromatic carbocycles. The molecule has 2 aliphatic rings. The van der Waals surface area contributed by atoms with Crippen LogP contribution in [0.25, 0.3) is 17.1 Å². The second kappa shape index (κ2) is 14.6. The van der Waals surface area contributed by atoms with E-state index in [-0.39, 0.29) is 0 Å². The monoisotopic (exact) mass is 635 g/mol. The lowest BCUT2D eigenvalue weighted by atomic mass is 9.99. The second-order valence-corrected chi connectivity index (χ2v) is 13.2. The molecular weight excluding hydrogens is 586 g/mol. The largest absolute Gasteiger partial charge is 0.494 e. The summed E-state index contributed by atoms with van der Waals surface area (Å²) >= 11 is 0. The third-order valence-corrected chi connectivity index (χ3v) is 9.54. The third kappa shape index (κ3) is 7.34. The van der Waals surface area contributed by atoms with Crippen molar-refractivity contribution in [3.63, 3.8) is 0 Å². The van der Waals surface area contributed by atoms with E-state index >= 15 is 0 Å². The quantitative estimate of drug-likeness (QED) is 0.189. The molecule has 0 bridgehead atoms. The average Bonchev–Trinajstić information content (AvgIpc) is 3.09. The van der Waals surface area contributed by atoms with E-state index in [9.17, 15) is 0 Å². The molecule has 0 spiro atoms. The minimum absolute atomic E-state index is 0.441. The summed E-state index contributed by atoms with van der Waals surface area (Å²) in [5, 5.41) is 7.04. The number of rotatable bonds is 11. The highest BCUT2D eigenvalue weighted by atomic mass is 16.5. The number of hydrogen-bond donors (Lipinski definition) is 2. The maximum atomic E-state index is 5.94. The van der Waals surface area contributed by atoms with Crippen LogP contribution < -0.4 is 20.3 Å². The van der Waals surface area contributed by atoms with Crippen molar-refractivity contribution < 1.29 is 4.74 Å². The van der Waals surface area contributed by atoms with Gasteiger partial charge in [-0.1, -0.05) is 33.4 Å². The highest BCUT2D eigenvalue weighted by molar-refractivity contribution is 5.85. The first-order valence-corrected chi connectivity index (χ1v) is 17.0. The van der Waals surface area contributed by atoms with Gasteiger partial charge in [-0.25, -0.2) is 4.98 Å². The van der Waals surface area contributed by atoms with Crippen LogP contribution in [0.1, 0.15) is 50.3 Å². The lowest BCUT2D eigenvalue weighted by Crippen LogP contribution is -2.52. The molecule has 0 unspecified atom stereocenters. The molecule has 0 atom stereocenters. The molecule has 6 rings (SSSR count). The molecule has 2 saturated heterocycles. The number of nitrogens with zero attached hydrogens (tertiary/aromatic N) is 7. The molecule has 47 heavy (non-hydrogen) atoms. The molecule has 4 heterocycles. The van der Waals surface area contributed by atoms with Crippen LogP contribution in [0.3, 0.4) is 0 Å². The van der Waals surface area contributed by atoms with Crippen LogP contribution >= 0.6 is 0 Å². The van der Waals surface area contributed by atoms with Gasteiger partial charge in [0.15, 0.2) is 0 Å². The number of aromatic nitrogens is 4. The van der Waals surface area contributed by atoms with E-state index in [0.717, 1.165) is 65.2 Å². The Morgan fingerprint density at radius 3 is 2.45 bits per heavy atom. The summed E-state index contributed by atoms with van der Waals surface area (Å²) in [6, 6.07) is 9.11. The van der Waals surface area contributed by atoms with Gasteiger partial charge in [0.25, 0.3) is 0 Å². The predicted molar refractivity (Wildman–Crippen MR) is 193 cm³/mol. The molecule has 0 radical (unpaired) electrons. The average molecular weight is 636 g/mol. The second-order valence-electron chi connectivity index (χ2n) is 13.2. The first-order valence-electron chi connectivity index (χ1n) is 17.0. The van der Waals surface area contributed by atoms with Gasteiger partial charge in [0.05, 0.1) is 23.8 Å². The van der Waals surface area contributed by atoms with Crippen LogP contribution in [0.5, 0.6) is 5.75 Å². The molecule has 4 aromatic rings. The summed E-state index contributed by atoms with van der Waals surface area (Å²) in [5.74, 6) is 2.36. The fraction of sp³-hybridized carbons (Fsp3) is 0.459. The van der Waals surface area contributed by atoms with Crippen molar-refractivity contribution in [1.29, 1.82) is 0 Å². The molecule has 0 saturated carbocycles. The summed E-state index contributed by atoms with van der Waals surface area (Å²) < 4.78 is 5.94. The number of benzene rings is 2. The molecule has 2 aliphatic heterocycles. The van der Waals surface area contributed by atoms with E-state index in [1.807, 2.05) is 6.07 Å². The minimum Gasteiger partial charge on any atom is -0.494 e. The van der Waals surface area contributed by atoms with Gasteiger partial charge >= 0.3 is 0 Å². The Morgan fingerprint density at radius 2 is 1.74 bits per heavy atom. The van der Waals surface area contributed by atoms with E-state index in [0.29, 0.717) is 23.7 Å². The maximum Gasteiger partial charge on any atom is 0.229 e. The Morgan fingerprint density at radius 1 is 0.979 bits per heavy atom. The number of aryl methyl sites for hydroxylation is 1. The topological polar surface area (TPSA) is 94.6 Å². The van der Waals surface area contributed by atoms with Crippen molar-refractivity contribution in [1.82, 2.24) is 29.7 Å². The number of nitrogens with one attached hydrogen (secondary N) is 2. The Kier molecular flexibility index (Phi) is 10.2. The molecule has 248 valence electrons. The summed E-state index contributed by atoms with van der Waals surface area (Å²) in [7, 11) is 3.95. The summed E-state index contributed by atoms with van der Waals surface area (Å²) in [4.78, 5) is 26.4.